The van der Waals surface area contributed by atoms with Gasteiger partial charge in [-0.25, -0.2) is 0 Å². The molecule has 2 rings (SSSR count). The fraction of sp³-hybridized carbons (Fsp3) is 0.562. The van der Waals surface area contributed by atoms with Crippen LogP contribution < -0.4 is 0 Å². The monoisotopic (exact) mass is 262 g/mol. The summed E-state index contributed by atoms with van der Waals surface area (Å²) in [6.45, 7) is 4.19. The van der Waals surface area contributed by atoms with Gasteiger partial charge in [-0.15, -0.1) is 0 Å². The highest BCUT2D eigenvalue weighted by Gasteiger charge is 2.17. The molecule has 1 aliphatic heterocycles. The summed E-state index contributed by atoms with van der Waals surface area (Å²) in [5.74, 6) is 3.53. The molecule has 1 saturated heterocycles. The second kappa shape index (κ2) is 6.42. The minimum absolute atomic E-state index is 0.417. The lowest BCUT2D eigenvalue weighted by Crippen LogP contribution is -2.16. The molecule has 0 aromatic heterocycles. The maximum Gasteiger partial charge on any atom is 0.137 e. The third-order valence-corrected chi connectivity index (χ3v) is 4.80. The van der Waals surface area contributed by atoms with Gasteiger partial charge in [-0.3, -0.25) is 4.79 Å². The molecule has 1 nitrogen and oxygen atoms in total. The summed E-state index contributed by atoms with van der Waals surface area (Å²) in [6, 6.07) is 6.39. The number of benzene rings is 1. The number of ketones is 1. The van der Waals surface area contributed by atoms with E-state index in [1.54, 1.807) is 0 Å². The Labute approximate surface area is 114 Å². The molecule has 0 atom stereocenters. The first kappa shape index (κ1) is 13.7. The molecule has 0 unspecified atom stereocenters. The second-order valence-electron chi connectivity index (χ2n) is 5.41. The molecule has 0 amide bonds. The van der Waals surface area contributed by atoms with Crippen molar-refractivity contribution in [3.63, 3.8) is 0 Å². The third-order valence-electron chi connectivity index (χ3n) is 3.75. The first-order valence-electron chi connectivity index (χ1n) is 6.80. The molecule has 1 fully saturated rings. The van der Waals surface area contributed by atoms with Gasteiger partial charge in [0.05, 0.1) is 0 Å². The van der Waals surface area contributed by atoms with Crippen LogP contribution in [0.1, 0.15) is 36.0 Å². The molecular formula is C16H22OS. The molecule has 1 aromatic carbocycles. The molecule has 2 heteroatoms. The predicted molar refractivity (Wildman–Crippen MR) is 79.3 cm³/mol. The van der Waals surface area contributed by atoms with Gasteiger partial charge in [0.15, 0.2) is 0 Å². The quantitative estimate of drug-likeness (QED) is 0.817. The van der Waals surface area contributed by atoms with Crippen molar-refractivity contribution in [2.75, 3.05) is 11.5 Å². The summed E-state index contributed by atoms with van der Waals surface area (Å²) in [5, 5.41) is 0. The van der Waals surface area contributed by atoms with E-state index in [0.717, 1.165) is 6.42 Å². The van der Waals surface area contributed by atoms with Crippen LogP contribution in [0, 0.1) is 19.8 Å². The van der Waals surface area contributed by atoms with E-state index in [2.05, 4.69) is 32.0 Å². The fourth-order valence-electron chi connectivity index (χ4n) is 2.55. The van der Waals surface area contributed by atoms with Crippen molar-refractivity contribution in [1.82, 2.24) is 0 Å². The summed E-state index contributed by atoms with van der Waals surface area (Å²) < 4.78 is 0. The molecule has 0 N–H and O–H groups in total. The molecule has 0 bridgehead atoms. The van der Waals surface area contributed by atoms with Crippen molar-refractivity contribution < 1.29 is 4.79 Å². The van der Waals surface area contributed by atoms with Gasteiger partial charge in [-0.2, -0.15) is 11.8 Å². The number of rotatable bonds is 4. The first-order chi connectivity index (χ1) is 8.65. The van der Waals surface area contributed by atoms with Gasteiger partial charge in [0.1, 0.15) is 5.78 Å². The lowest BCUT2D eigenvalue weighted by atomic mass is 9.92. The molecule has 18 heavy (non-hydrogen) atoms. The van der Waals surface area contributed by atoms with Crippen LogP contribution in [0.15, 0.2) is 18.2 Å². The lowest BCUT2D eigenvalue weighted by Gasteiger charge is -2.20. The van der Waals surface area contributed by atoms with Crippen molar-refractivity contribution in [2.24, 2.45) is 5.92 Å². The molecule has 1 aromatic rings. The van der Waals surface area contributed by atoms with E-state index >= 15 is 0 Å². The van der Waals surface area contributed by atoms with E-state index in [1.807, 2.05) is 11.8 Å². The Bertz CT molecular complexity index is 419. The molecular weight excluding hydrogens is 240 g/mol. The van der Waals surface area contributed by atoms with Crippen LogP contribution in [0.3, 0.4) is 0 Å². The number of Topliss-reactive ketones (excluding diaryl/α,β-unsaturated/α-hetero) is 1. The minimum Gasteiger partial charge on any atom is -0.299 e. The molecule has 0 spiro atoms. The van der Waals surface area contributed by atoms with Gasteiger partial charge < -0.3 is 0 Å². The van der Waals surface area contributed by atoms with E-state index < -0.39 is 0 Å². The van der Waals surface area contributed by atoms with E-state index in [-0.39, 0.29) is 0 Å². The van der Waals surface area contributed by atoms with Crippen LogP contribution in [0.2, 0.25) is 0 Å². The molecule has 1 aliphatic rings. The van der Waals surface area contributed by atoms with E-state index in [4.69, 9.17) is 0 Å². The molecule has 0 radical (unpaired) electrons. The summed E-state index contributed by atoms with van der Waals surface area (Å²) in [7, 11) is 0. The Kier molecular flexibility index (Phi) is 4.87. The van der Waals surface area contributed by atoms with Gasteiger partial charge in [0.2, 0.25) is 0 Å². The van der Waals surface area contributed by atoms with Crippen LogP contribution in [0.25, 0.3) is 0 Å². The number of hydrogen-bond acceptors (Lipinski definition) is 2. The SMILES string of the molecule is Cc1ccc(C)c(CC(=O)CC2CCSCC2)c1. The summed E-state index contributed by atoms with van der Waals surface area (Å²) in [4.78, 5) is 12.1. The van der Waals surface area contributed by atoms with Crippen molar-refractivity contribution in [3.8, 4) is 0 Å². The van der Waals surface area contributed by atoms with Crippen LogP contribution in [-0.4, -0.2) is 17.3 Å². The fourth-order valence-corrected chi connectivity index (χ4v) is 3.75. The maximum atomic E-state index is 12.1. The zero-order chi connectivity index (χ0) is 13.0. The zero-order valence-corrected chi connectivity index (χ0v) is 12.2. The first-order valence-corrected chi connectivity index (χ1v) is 7.96. The molecule has 1 heterocycles. The Balaban J connectivity index is 1.92. The average Bonchev–Trinajstić information content (AvgIpc) is 2.35. The smallest absolute Gasteiger partial charge is 0.137 e. The highest BCUT2D eigenvalue weighted by atomic mass is 32.2. The van der Waals surface area contributed by atoms with Crippen molar-refractivity contribution in [2.45, 2.75) is 39.5 Å². The lowest BCUT2D eigenvalue weighted by molar-refractivity contribution is -0.119. The highest BCUT2D eigenvalue weighted by Crippen LogP contribution is 2.26. The van der Waals surface area contributed by atoms with Crippen LogP contribution in [-0.2, 0) is 11.2 Å². The molecule has 0 saturated carbocycles. The van der Waals surface area contributed by atoms with E-state index in [0.29, 0.717) is 18.1 Å². The molecule has 98 valence electrons. The standard InChI is InChI=1S/C16H22OS/c1-12-3-4-13(2)15(9-12)11-16(17)10-14-5-7-18-8-6-14/h3-4,9,14H,5-8,10-11H2,1-2H3. The topological polar surface area (TPSA) is 17.1 Å². The van der Waals surface area contributed by atoms with Crippen LogP contribution >= 0.6 is 11.8 Å². The van der Waals surface area contributed by atoms with Gasteiger partial charge in [-0.05, 0) is 55.2 Å². The highest BCUT2D eigenvalue weighted by molar-refractivity contribution is 7.99. The van der Waals surface area contributed by atoms with Crippen LogP contribution in [0.4, 0.5) is 0 Å². The number of aryl methyl sites for hydroxylation is 2. The Morgan fingerprint density at radius 1 is 1.28 bits per heavy atom. The van der Waals surface area contributed by atoms with Gasteiger partial charge in [0.25, 0.3) is 0 Å². The van der Waals surface area contributed by atoms with Crippen LogP contribution in [0.5, 0.6) is 0 Å². The van der Waals surface area contributed by atoms with Gasteiger partial charge >= 0.3 is 0 Å². The van der Waals surface area contributed by atoms with E-state index in [1.165, 1.54) is 41.0 Å². The molecule has 0 aliphatic carbocycles. The zero-order valence-electron chi connectivity index (χ0n) is 11.4. The number of thioether (sulfide) groups is 1. The number of carbonyl (C=O) groups is 1. The average molecular weight is 262 g/mol. The summed E-state index contributed by atoms with van der Waals surface area (Å²) in [6.07, 6.45) is 3.86. The van der Waals surface area contributed by atoms with Gasteiger partial charge in [0, 0.05) is 12.8 Å². The van der Waals surface area contributed by atoms with Crippen molar-refractivity contribution >= 4 is 17.5 Å². The van der Waals surface area contributed by atoms with Crippen molar-refractivity contribution in [1.29, 1.82) is 0 Å². The van der Waals surface area contributed by atoms with Gasteiger partial charge in [-0.1, -0.05) is 23.8 Å². The largest absolute Gasteiger partial charge is 0.299 e. The third kappa shape index (κ3) is 3.88. The normalized spacial score (nSPS) is 16.8. The Morgan fingerprint density at radius 2 is 2.00 bits per heavy atom. The number of hydrogen-bond donors (Lipinski definition) is 0. The summed E-state index contributed by atoms with van der Waals surface area (Å²) in [5.41, 5.74) is 3.70. The summed E-state index contributed by atoms with van der Waals surface area (Å²) >= 11 is 2.02. The predicted octanol–water partition coefficient (Wildman–Crippen LogP) is 3.95. The Morgan fingerprint density at radius 3 is 2.72 bits per heavy atom. The minimum atomic E-state index is 0.417. The van der Waals surface area contributed by atoms with Crippen molar-refractivity contribution in [3.05, 3.63) is 34.9 Å². The Hall–Kier alpha value is -0.760. The number of carbonyl (C=O) groups excluding carboxylic acids is 1. The van der Waals surface area contributed by atoms with E-state index in [9.17, 15) is 4.79 Å². The second-order valence-corrected chi connectivity index (χ2v) is 6.63. The maximum absolute atomic E-state index is 12.1.